The van der Waals surface area contributed by atoms with Crippen molar-refractivity contribution in [3.63, 3.8) is 0 Å². The van der Waals surface area contributed by atoms with E-state index in [0.29, 0.717) is 54.1 Å². The van der Waals surface area contributed by atoms with Crippen molar-refractivity contribution in [2.24, 2.45) is 0 Å². The number of rotatable bonds is 13. The van der Waals surface area contributed by atoms with Crippen molar-refractivity contribution < 1.29 is 24.1 Å². The van der Waals surface area contributed by atoms with Crippen LogP contribution in [0.3, 0.4) is 0 Å². The van der Waals surface area contributed by atoms with Crippen LogP contribution in [0.4, 0.5) is 0 Å². The number of nitrogens with zero attached hydrogens (tertiary/aromatic N) is 2. The van der Waals surface area contributed by atoms with E-state index < -0.39 is 5.97 Å². The Balaban J connectivity index is 1.67. The van der Waals surface area contributed by atoms with Gasteiger partial charge in [0.05, 0.1) is 33.3 Å². The first-order valence-electron chi connectivity index (χ1n) is 10.9. The minimum Gasteiger partial charge on any atom is -0.493 e. The third-order valence-corrected chi connectivity index (χ3v) is 5.24. The van der Waals surface area contributed by atoms with Crippen molar-refractivity contribution in [1.29, 1.82) is 0 Å². The average Bonchev–Trinajstić information content (AvgIpc) is 3.18. The molecule has 1 N–H and O–H groups in total. The Kier molecular flexibility index (Phi) is 9.01. The second-order valence-corrected chi connectivity index (χ2v) is 8.01. The van der Waals surface area contributed by atoms with Crippen molar-refractivity contribution in [3.05, 3.63) is 70.4 Å². The first-order chi connectivity index (χ1) is 16.0. The Hall–Kier alpha value is -3.19. The number of carboxylic acid groups (broad SMARTS) is 1. The monoisotopic (exact) mass is 472 g/mol. The van der Waals surface area contributed by atoms with Crippen LogP contribution in [0.15, 0.2) is 48.5 Å². The van der Waals surface area contributed by atoms with Gasteiger partial charge in [-0.3, -0.25) is 9.48 Å². The summed E-state index contributed by atoms with van der Waals surface area (Å²) in [5.74, 6) is 0.690. The molecule has 0 saturated heterocycles. The fraction of sp³-hybridized carbons (Fsp3) is 0.360. The van der Waals surface area contributed by atoms with E-state index in [1.807, 2.05) is 35.0 Å². The highest BCUT2D eigenvalue weighted by Crippen LogP contribution is 2.31. The van der Waals surface area contributed by atoms with Crippen LogP contribution in [-0.2, 0) is 24.2 Å². The Morgan fingerprint density at radius 2 is 1.91 bits per heavy atom. The quantitative estimate of drug-likeness (QED) is 0.352. The van der Waals surface area contributed by atoms with Gasteiger partial charge >= 0.3 is 5.97 Å². The summed E-state index contributed by atoms with van der Waals surface area (Å²) in [5.41, 5.74) is 2.71. The van der Waals surface area contributed by atoms with E-state index in [2.05, 4.69) is 12.0 Å². The number of hydrogen-bond donors (Lipinski definition) is 1. The highest BCUT2D eigenvalue weighted by Gasteiger charge is 2.14. The first kappa shape index (κ1) is 24.5. The van der Waals surface area contributed by atoms with Gasteiger partial charge in [-0.2, -0.15) is 0 Å². The van der Waals surface area contributed by atoms with Crippen molar-refractivity contribution in [2.75, 3.05) is 20.3 Å². The van der Waals surface area contributed by atoms with Gasteiger partial charge in [0.15, 0.2) is 11.5 Å². The molecule has 0 amide bonds. The third kappa shape index (κ3) is 7.15. The van der Waals surface area contributed by atoms with Crippen LogP contribution in [0, 0.1) is 0 Å². The Bertz CT molecular complexity index is 1050. The fourth-order valence-electron chi connectivity index (χ4n) is 3.42. The molecule has 3 rings (SSSR count). The summed E-state index contributed by atoms with van der Waals surface area (Å²) in [4.78, 5) is 11.2. The summed E-state index contributed by atoms with van der Waals surface area (Å²) >= 11 is 6.00. The molecule has 0 bridgehead atoms. The molecule has 33 heavy (non-hydrogen) atoms. The number of carboxylic acids is 1. The molecule has 3 aromatic rings. The van der Waals surface area contributed by atoms with Crippen LogP contribution < -0.4 is 14.2 Å². The molecule has 0 atom stereocenters. The zero-order valence-corrected chi connectivity index (χ0v) is 19.7. The molecule has 2 aromatic carbocycles. The maximum absolute atomic E-state index is 11.2. The number of aryl methyl sites for hydroxylation is 1. The molecular weight excluding hydrogens is 444 g/mol. The first-order valence-corrected chi connectivity index (χ1v) is 11.3. The van der Waals surface area contributed by atoms with Gasteiger partial charge in [-0.05, 0) is 43.0 Å². The lowest BCUT2D eigenvalue weighted by molar-refractivity contribution is -0.136. The van der Waals surface area contributed by atoms with Crippen molar-refractivity contribution >= 4 is 17.6 Å². The van der Waals surface area contributed by atoms with E-state index in [0.717, 1.165) is 24.1 Å². The number of benzene rings is 2. The van der Waals surface area contributed by atoms with Crippen molar-refractivity contribution in [2.45, 2.75) is 39.2 Å². The molecule has 8 heteroatoms. The van der Waals surface area contributed by atoms with Gasteiger partial charge < -0.3 is 19.3 Å². The minimum atomic E-state index is -0.918. The predicted molar refractivity (Wildman–Crippen MR) is 127 cm³/mol. The SMILES string of the molecule is CCCOc1cc(CCCOc2c(CC(=O)O)cccc2OC)n(Cc2ccc(Cl)cc2)n1. The third-order valence-electron chi connectivity index (χ3n) is 4.99. The zero-order valence-electron chi connectivity index (χ0n) is 18.9. The van der Waals surface area contributed by atoms with Gasteiger partial charge in [0, 0.05) is 22.3 Å². The molecule has 1 heterocycles. The van der Waals surface area contributed by atoms with Crippen molar-refractivity contribution in [3.8, 4) is 17.4 Å². The number of para-hydroxylation sites is 1. The van der Waals surface area contributed by atoms with Crippen molar-refractivity contribution in [1.82, 2.24) is 9.78 Å². The maximum Gasteiger partial charge on any atom is 0.307 e. The number of carbonyl (C=O) groups is 1. The van der Waals surface area contributed by atoms with Gasteiger partial charge in [0.2, 0.25) is 5.88 Å². The summed E-state index contributed by atoms with van der Waals surface area (Å²) in [7, 11) is 1.54. The van der Waals surface area contributed by atoms with Crippen LogP contribution >= 0.6 is 11.6 Å². The Morgan fingerprint density at radius 1 is 1.12 bits per heavy atom. The molecule has 0 unspecified atom stereocenters. The summed E-state index contributed by atoms with van der Waals surface area (Å²) < 4.78 is 19.0. The molecule has 0 fully saturated rings. The Labute approximate surface area is 198 Å². The van der Waals surface area contributed by atoms with E-state index in [1.54, 1.807) is 25.3 Å². The Morgan fingerprint density at radius 3 is 2.61 bits per heavy atom. The van der Waals surface area contributed by atoms with Gasteiger partial charge in [0.1, 0.15) is 0 Å². The summed E-state index contributed by atoms with van der Waals surface area (Å²) in [5, 5.41) is 14.5. The van der Waals surface area contributed by atoms with Crippen LogP contribution in [0.25, 0.3) is 0 Å². The largest absolute Gasteiger partial charge is 0.493 e. The lowest BCUT2D eigenvalue weighted by Crippen LogP contribution is -2.09. The smallest absolute Gasteiger partial charge is 0.307 e. The number of methoxy groups -OCH3 is 1. The second-order valence-electron chi connectivity index (χ2n) is 7.58. The predicted octanol–water partition coefficient (Wildman–Crippen LogP) is 5.02. The summed E-state index contributed by atoms with van der Waals surface area (Å²) in [6.45, 7) is 3.68. The van der Waals surface area contributed by atoms with Gasteiger partial charge in [-0.15, -0.1) is 5.10 Å². The molecule has 1 aromatic heterocycles. The second kappa shape index (κ2) is 12.2. The van der Waals surface area contributed by atoms with E-state index in [-0.39, 0.29) is 6.42 Å². The summed E-state index contributed by atoms with van der Waals surface area (Å²) in [6, 6.07) is 14.9. The van der Waals surface area contributed by atoms with Crippen LogP contribution in [0.2, 0.25) is 5.02 Å². The minimum absolute atomic E-state index is 0.126. The van der Waals surface area contributed by atoms with E-state index in [1.165, 1.54) is 0 Å². The van der Waals surface area contributed by atoms with Crippen LogP contribution in [0.1, 0.15) is 36.6 Å². The lowest BCUT2D eigenvalue weighted by atomic mass is 10.1. The van der Waals surface area contributed by atoms with Gasteiger partial charge in [0.25, 0.3) is 0 Å². The van der Waals surface area contributed by atoms with Gasteiger partial charge in [-0.1, -0.05) is 42.8 Å². The standard InChI is InChI=1S/C25H29ClN2O5/c1-3-13-32-23-16-21(28(27-23)17-18-9-11-20(26)12-10-18)7-5-14-33-25-19(15-24(29)30)6-4-8-22(25)31-2/h4,6,8-12,16H,3,5,7,13-15,17H2,1-2H3,(H,29,30). The lowest BCUT2D eigenvalue weighted by Gasteiger charge is -2.14. The molecule has 7 nitrogen and oxygen atoms in total. The number of hydrogen-bond acceptors (Lipinski definition) is 5. The molecule has 0 saturated carbocycles. The molecule has 0 radical (unpaired) electrons. The number of halogens is 1. The molecular formula is C25H29ClN2O5. The number of aliphatic carboxylic acids is 1. The summed E-state index contributed by atoms with van der Waals surface area (Å²) in [6.07, 6.45) is 2.22. The van der Waals surface area contributed by atoms with Crippen LogP contribution in [0.5, 0.6) is 17.4 Å². The van der Waals surface area contributed by atoms with E-state index in [9.17, 15) is 9.90 Å². The average molecular weight is 473 g/mol. The van der Waals surface area contributed by atoms with E-state index in [4.69, 9.17) is 25.8 Å². The highest BCUT2D eigenvalue weighted by atomic mass is 35.5. The van der Waals surface area contributed by atoms with E-state index >= 15 is 0 Å². The van der Waals surface area contributed by atoms with Crippen LogP contribution in [-0.4, -0.2) is 41.2 Å². The fourth-order valence-corrected chi connectivity index (χ4v) is 3.55. The molecule has 0 aliphatic rings. The van der Waals surface area contributed by atoms with Gasteiger partial charge in [-0.25, -0.2) is 0 Å². The zero-order chi connectivity index (χ0) is 23.6. The highest BCUT2D eigenvalue weighted by molar-refractivity contribution is 6.30. The number of aromatic nitrogens is 2. The molecule has 176 valence electrons. The molecule has 0 aliphatic carbocycles. The normalized spacial score (nSPS) is 10.8. The molecule has 0 aliphatic heterocycles. The number of ether oxygens (including phenoxy) is 3. The maximum atomic E-state index is 11.2. The molecule has 0 spiro atoms. The topological polar surface area (TPSA) is 82.8 Å².